The van der Waals surface area contributed by atoms with E-state index in [2.05, 4.69) is 5.32 Å². The third-order valence-electron chi connectivity index (χ3n) is 4.77. The zero-order chi connectivity index (χ0) is 15.0. The first-order valence-corrected chi connectivity index (χ1v) is 7.45. The smallest absolute Gasteiger partial charge is 0.240 e. The second-order valence-corrected chi connectivity index (χ2v) is 6.06. The van der Waals surface area contributed by atoms with Crippen LogP contribution < -0.4 is 11.1 Å². The number of primary amides is 1. The lowest BCUT2D eigenvalue weighted by Crippen LogP contribution is -2.56. The Hall–Kier alpha value is -1.88. The molecule has 2 amide bonds. The van der Waals surface area contributed by atoms with Crippen molar-refractivity contribution in [1.29, 1.82) is 0 Å². The van der Waals surface area contributed by atoms with Crippen molar-refractivity contribution in [2.45, 2.75) is 25.9 Å². The summed E-state index contributed by atoms with van der Waals surface area (Å²) in [7, 11) is 0. The molecule has 2 aliphatic heterocycles. The number of nitrogens with zero attached hydrogens (tertiary/aromatic N) is 1. The number of hydrogen-bond donors (Lipinski definition) is 2. The van der Waals surface area contributed by atoms with E-state index in [0.717, 1.165) is 24.2 Å². The monoisotopic (exact) mass is 287 g/mol. The second kappa shape index (κ2) is 5.48. The summed E-state index contributed by atoms with van der Waals surface area (Å²) in [6, 6.07) is 7.42. The summed E-state index contributed by atoms with van der Waals surface area (Å²) in [5.41, 5.74) is 7.76. The Kier molecular flexibility index (Phi) is 3.68. The van der Waals surface area contributed by atoms with Gasteiger partial charge < -0.3 is 16.0 Å². The van der Waals surface area contributed by atoms with Gasteiger partial charge in [-0.05, 0) is 30.1 Å². The molecule has 0 spiro atoms. The molecule has 1 aromatic carbocycles. The zero-order valence-corrected chi connectivity index (χ0v) is 12.2. The fourth-order valence-corrected chi connectivity index (χ4v) is 3.14. The van der Waals surface area contributed by atoms with Gasteiger partial charge in [0.05, 0.1) is 0 Å². The van der Waals surface area contributed by atoms with Gasteiger partial charge in [-0.25, -0.2) is 0 Å². The summed E-state index contributed by atoms with van der Waals surface area (Å²) >= 11 is 0. The van der Waals surface area contributed by atoms with E-state index in [9.17, 15) is 9.59 Å². The average Bonchev–Trinajstić information content (AvgIpc) is 2.43. The Morgan fingerprint density at radius 3 is 2.52 bits per heavy atom. The summed E-state index contributed by atoms with van der Waals surface area (Å²) in [6.45, 7) is 4.18. The number of rotatable bonds is 3. The Balaban J connectivity index is 1.85. The number of benzene rings is 1. The molecule has 2 unspecified atom stereocenters. The Morgan fingerprint density at radius 2 is 1.95 bits per heavy atom. The van der Waals surface area contributed by atoms with Gasteiger partial charge in [-0.15, -0.1) is 0 Å². The molecule has 2 heterocycles. The van der Waals surface area contributed by atoms with Crippen molar-refractivity contribution in [2.75, 3.05) is 13.1 Å². The van der Waals surface area contributed by atoms with Gasteiger partial charge in [0.15, 0.2) is 0 Å². The lowest BCUT2D eigenvalue weighted by molar-refractivity contribution is -0.145. The van der Waals surface area contributed by atoms with Crippen LogP contribution in [0.3, 0.4) is 0 Å². The van der Waals surface area contributed by atoms with Crippen LogP contribution in [-0.2, 0) is 22.6 Å². The van der Waals surface area contributed by atoms with E-state index < -0.39 is 11.9 Å². The van der Waals surface area contributed by atoms with Crippen molar-refractivity contribution in [2.24, 2.45) is 17.6 Å². The molecule has 21 heavy (non-hydrogen) atoms. The molecule has 3 N–H and O–H groups in total. The predicted octanol–water partition coefficient (Wildman–Crippen LogP) is 0.281. The second-order valence-electron chi connectivity index (χ2n) is 6.06. The molecular weight excluding hydrogens is 266 g/mol. The van der Waals surface area contributed by atoms with Gasteiger partial charge in [0.25, 0.3) is 0 Å². The lowest BCUT2D eigenvalue weighted by Gasteiger charge is -2.40. The molecule has 1 aromatic rings. The maximum atomic E-state index is 12.7. The molecule has 0 aliphatic carbocycles. The van der Waals surface area contributed by atoms with Gasteiger partial charge in [0, 0.05) is 18.9 Å². The number of carbonyl (C=O) groups is 2. The first-order chi connectivity index (χ1) is 10.1. The van der Waals surface area contributed by atoms with E-state index >= 15 is 0 Å². The largest absolute Gasteiger partial charge is 0.368 e. The van der Waals surface area contributed by atoms with Gasteiger partial charge in [-0.2, -0.15) is 0 Å². The van der Waals surface area contributed by atoms with E-state index in [1.165, 1.54) is 0 Å². The highest BCUT2D eigenvalue weighted by Gasteiger charge is 2.38. The molecular formula is C16H21N3O2. The van der Waals surface area contributed by atoms with Crippen molar-refractivity contribution in [3.63, 3.8) is 0 Å². The highest BCUT2D eigenvalue weighted by atomic mass is 16.2. The minimum absolute atomic E-state index is 0.0415. The number of fused-ring (bicyclic) bond motifs is 1. The van der Waals surface area contributed by atoms with Crippen LogP contribution >= 0.6 is 0 Å². The summed E-state index contributed by atoms with van der Waals surface area (Å²) in [6.07, 6.45) is 0.521. The molecule has 5 heteroatoms. The number of hydrogen-bond acceptors (Lipinski definition) is 3. The van der Waals surface area contributed by atoms with Crippen LogP contribution in [0.2, 0.25) is 0 Å². The minimum Gasteiger partial charge on any atom is -0.368 e. The predicted molar refractivity (Wildman–Crippen MR) is 79.2 cm³/mol. The van der Waals surface area contributed by atoms with E-state index in [-0.39, 0.29) is 11.8 Å². The van der Waals surface area contributed by atoms with Crippen LogP contribution in [0.4, 0.5) is 0 Å². The van der Waals surface area contributed by atoms with Crippen LogP contribution in [0.5, 0.6) is 0 Å². The molecule has 112 valence electrons. The molecule has 1 fully saturated rings. The van der Waals surface area contributed by atoms with Crippen LogP contribution in [0.1, 0.15) is 18.1 Å². The van der Waals surface area contributed by atoms with Gasteiger partial charge >= 0.3 is 0 Å². The molecule has 0 saturated carbocycles. The van der Waals surface area contributed by atoms with Gasteiger partial charge in [0.2, 0.25) is 11.8 Å². The quantitative estimate of drug-likeness (QED) is 0.838. The van der Waals surface area contributed by atoms with E-state index in [0.29, 0.717) is 18.9 Å². The van der Waals surface area contributed by atoms with E-state index in [1.54, 1.807) is 4.90 Å². The number of amides is 2. The van der Waals surface area contributed by atoms with Crippen molar-refractivity contribution in [3.05, 3.63) is 35.4 Å². The van der Waals surface area contributed by atoms with Crippen LogP contribution in [-0.4, -0.2) is 35.8 Å². The number of carbonyl (C=O) groups excluding carboxylic acids is 2. The van der Waals surface area contributed by atoms with Crippen LogP contribution in [0.25, 0.3) is 0 Å². The molecule has 3 rings (SSSR count). The molecule has 0 bridgehead atoms. The fourth-order valence-electron chi connectivity index (χ4n) is 3.14. The van der Waals surface area contributed by atoms with Gasteiger partial charge in [-0.1, -0.05) is 31.2 Å². The highest BCUT2D eigenvalue weighted by Crippen LogP contribution is 2.27. The first kappa shape index (κ1) is 14.1. The van der Waals surface area contributed by atoms with Crippen molar-refractivity contribution < 1.29 is 9.59 Å². The van der Waals surface area contributed by atoms with Gasteiger partial charge in [-0.3, -0.25) is 9.59 Å². The van der Waals surface area contributed by atoms with E-state index in [4.69, 9.17) is 5.73 Å². The average molecular weight is 287 g/mol. The van der Waals surface area contributed by atoms with Crippen molar-refractivity contribution in [3.8, 4) is 0 Å². The van der Waals surface area contributed by atoms with Crippen molar-refractivity contribution in [1.82, 2.24) is 10.2 Å². The third-order valence-corrected chi connectivity index (χ3v) is 4.77. The summed E-state index contributed by atoms with van der Waals surface area (Å²) < 4.78 is 0. The topological polar surface area (TPSA) is 75.4 Å². The summed E-state index contributed by atoms with van der Waals surface area (Å²) in [4.78, 5) is 26.2. The van der Waals surface area contributed by atoms with Crippen LogP contribution in [0.15, 0.2) is 24.3 Å². The van der Waals surface area contributed by atoms with Gasteiger partial charge in [0.1, 0.15) is 6.04 Å². The number of nitrogens with one attached hydrogen (secondary N) is 1. The SMILES string of the molecule is CC(C(=O)N1Cc2ccccc2CC1C(N)=O)C1CNC1. The molecule has 1 saturated heterocycles. The number of nitrogens with two attached hydrogens (primary N) is 1. The lowest BCUT2D eigenvalue weighted by atomic mass is 9.86. The molecule has 2 aliphatic rings. The Bertz CT molecular complexity index is 568. The molecule has 0 radical (unpaired) electrons. The van der Waals surface area contributed by atoms with Crippen LogP contribution in [0, 0.1) is 11.8 Å². The van der Waals surface area contributed by atoms with E-state index in [1.807, 2.05) is 31.2 Å². The third kappa shape index (κ3) is 2.53. The Morgan fingerprint density at radius 1 is 1.29 bits per heavy atom. The molecule has 5 nitrogen and oxygen atoms in total. The zero-order valence-electron chi connectivity index (χ0n) is 12.2. The highest BCUT2D eigenvalue weighted by molar-refractivity contribution is 5.88. The first-order valence-electron chi connectivity index (χ1n) is 7.45. The summed E-state index contributed by atoms with van der Waals surface area (Å²) in [5, 5.41) is 3.19. The normalized spacial score (nSPS) is 23.1. The molecule has 2 atom stereocenters. The minimum atomic E-state index is -0.525. The maximum absolute atomic E-state index is 12.7. The van der Waals surface area contributed by atoms with Crippen molar-refractivity contribution >= 4 is 11.8 Å². The maximum Gasteiger partial charge on any atom is 0.240 e. The fraction of sp³-hybridized carbons (Fsp3) is 0.500. The summed E-state index contributed by atoms with van der Waals surface area (Å²) in [5.74, 6) is -0.0850. The molecule has 0 aromatic heterocycles. The Labute approximate surface area is 124 Å². The standard InChI is InChI=1S/C16H21N3O2/c1-10(13-7-18-8-13)16(21)19-9-12-5-3-2-4-11(12)6-14(19)15(17)20/h2-5,10,13-14,18H,6-9H2,1H3,(H2,17,20).